The highest BCUT2D eigenvalue weighted by atomic mass is 35.6. The lowest BCUT2D eigenvalue weighted by Crippen LogP contribution is -2.08. The quantitative estimate of drug-likeness (QED) is 0.424. The highest BCUT2D eigenvalue weighted by molar-refractivity contribution is 6.66. The molecule has 0 aliphatic rings. The van der Waals surface area contributed by atoms with Crippen molar-refractivity contribution in [1.82, 2.24) is 19.5 Å². The van der Waals surface area contributed by atoms with Gasteiger partial charge in [0.1, 0.15) is 5.52 Å². The third kappa shape index (κ3) is 2.05. The van der Waals surface area contributed by atoms with Crippen molar-refractivity contribution in [1.29, 1.82) is 0 Å². The minimum absolute atomic E-state index is 0.00790. The molecular formula is C7H3Cl5N4. The van der Waals surface area contributed by atoms with E-state index in [1.54, 1.807) is 7.05 Å². The van der Waals surface area contributed by atoms with Crippen molar-refractivity contribution < 1.29 is 0 Å². The molecule has 0 saturated carbocycles. The van der Waals surface area contributed by atoms with Gasteiger partial charge in [-0.1, -0.05) is 46.4 Å². The predicted octanol–water partition coefficient (Wildman–Crippen LogP) is 3.50. The van der Waals surface area contributed by atoms with Crippen molar-refractivity contribution in [3.63, 3.8) is 0 Å². The predicted molar refractivity (Wildman–Crippen MR) is 65.6 cm³/mol. The zero-order valence-electron chi connectivity index (χ0n) is 7.68. The molecule has 0 saturated heterocycles. The van der Waals surface area contributed by atoms with E-state index >= 15 is 0 Å². The fourth-order valence-corrected chi connectivity index (χ4v) is 2.30. The Kier molecular flexibility index (Phi) is 3.14. The average molecular weight is 320 g/mol. The van der Waals surface area contributed by atoms with Gasteiger partial charge < -0.3 is 4.57 Å². The number of hydrogen-bond acceptors (Lipinski definition) is 3. The highest BCUT2D eigenvalue weighted by Gasteiger charge is 2.30. The molecular weight excluding hydrogens is 317 g/mol. The van der Waals surface area contributed by atoms with Gasteiger partial charge in [0, 0.05) is 7.05 Å². The molecule has 0 amide bonds. The van der Waals surface area contributed by atoms with Crippen molar-refractivity contribution in [2.75, 3.05) is 0 Å². The van der Waals surface area contributed by atoms with Crippen LogP contribution < -0.4 is 0 Å². The number of aromatic nitrogens is 4. The Morgan fingerprint density at radius 3 is 2.25 bits per heavy atom. The van der Waals surface area contributed by atoms with Crippen LogP contribution in [0.4, 0.5) is 0 Å². The standard InChI is InChI=1S/C7H3Cl5N4/c1-16-2-3(8)13-6(9)15-4(2)14-5(16)7(10,11)12/h1H3. The second-order valence-corrected chi connectivity index (χ2v) is 5.93. The molecule has 2 aromatic rings. The maximum Gasteiger partial charge on any atom is 0.248 e. The summed E-state index contributed by atoms with van der Waals surface area (Å²) in [6.07, 6.45) is 0. The second-order valence-electron chi connectivity index (χ2n) is 2.95. The number of halogens is 5. The molecule has 0 aliphatic carbocycles. The Morgan fingerprint density at radius 2 is 1.69 bits per heavy atom. The van der Waals surface area contributed by atoms with Crippen LogP contribution in [0.5, 0.6) is 0 Å². The van der Waals surface area contributed by atoms with Crippen LogP contribution in [-0.4, -0.2) is 19.5 Å². The fourth-order valence-electron chi connectivity index (χ4n) is 1.29. The van der Waals surface area contributed by atoms with Gasteiger partial charge in [-0.2, -0.15) is 4.98 Å². The summed E-state index contributed by atoms with van der Waals surface area (Å²) in [6, 6.07) is 0. The lowest BCUT2D eigenvalue weighted by molar-refractivity contribution is 0.840. The van der Waals surface area contributed by atoms with Crippen LogP contribution >= 0.6 is 58.0 Å². The second kappa shape index (κ2) is 4.03. The summed E-state index contributed by atoms with van der Waals surface area (Å²) in [5.41, 5.74) is 0.751. The van der Waals surface area contributed by atoms with Crippen LogP contribution in [0.3, 0.4) is 0 Å². The number of alkyl halides is 3. The SMILES string of the molecule is Cn1c(C(Cl)(Cl)Cl)nc2nc(Cl)nc(Cl)c21. The molecule has 4 nitrogen and oxygen atoms in total. The molecule has 0 atom stereocenters. The average Bonchev–Trinajstić information content (AvgIpc) is 2.41. The number of fused-ring (bicyclic) bond motifs is 1. The molecule has 0 bridgehead atoms. The molecule has 0 spiro atoms. The molecule has 2 aromatic heterocycles. The third-order valence-corrected chi connectivity index (χ3v) is 2.85. The van der Waals surface area contributed by atoms with E-state index in [2.05, 4.69) is 15.0 Å². The Hall–Kier alpha value is -0.000000000000000167. The Balaban J connectivity index is 2.83. The van der Waals surface area contributed by atoms with Gasteiger partial charge >= 0.3 is 0 Å². The first-order valence-electron chi connectivity index (χ1n) is 3.93. The fraction of sp³-hybridized carbons (Fsp3) is 0.286. The van der Waals surface area contributed by atoms with Crippen LogP contribution in [0.2, 0.25) is 10.4 Å². The van der Waals surface area contributed by atoms with Crippen molar-refractivity contribution in [2.45, 2.75) is 3.79 Å². The van der Waals surface area contributed by atoms with E-state index in [1.807, 2.05) is 0 Å². The molecule has 0 unspecified atom stereocenters. The molecule has 0 N–H and O–H groups in total. The first-order valence-corrected chi connectivity index (χ1v) is 5.82. The van der Waals surface area contributed by atoms with Gasteiger partial charge in [0.2, 0.25) is 9.08 Å². The zero-order valence-corrected chi connectivity index (χ0v) is 11.5. The number of hydrogen-bond donors (Lipinski definition) is 0. The van der Waals surface area contributed by atoms with E-state index in [1.165, 1.54) is 4.57 Å². The van der Waals surface area contributed by atoms with Crippen LogP contribution in [0, 0.1) is 0 Å². The van der Waals surface area contributed by atoms with Crippen molar-refractivity contribution >= 4 is 69.2 Å². The molecule has 9 heteroatoms. The van der Waals surface area contributed by atoms with E-state index in [9.17, 15) is 0 Å². The van der Waals surface area contributed by atoms with Crippen LogP contribution in [0.1, 0.15) is 5.82 Å². The highest BCUT2D eigenvalue weighted by Crippen LogP contribution is 2.39. The lowest BCUT2D eigenvalue weighted by Gasteiger charge is -2.09. The Morgan fingerprint density at radius 1 is 1.06 bits per heavy atom. The van der Waals surface area contributed by atoms with E-state index in [4.69, 9.17) is 58.0 Å². The molecule has 0 aliphatic heterocycles. The van der Waals surface area contributed by atoms with Crippen molar-refractivity contribution in [2.24, 2.45) is 7.05 Å². The number of rotatable bonds is 0. The minimum Gasteiger partial charge on any atom is -0.324 e. The number of nitrogens with zero attached hydrogens (tertiary/aromatic N) is 4. The molecule has 0 aromatic carbocycles. The number of aryl methyl sites for hydroxylation is 1. The van der Waals surface area contributed by atoms with Crippen LogP contribution in [0.25, 0.3) is 11.2 Å². The van der Waals surface area contributed by atoms with Gasteiger partial charge in [-0.25, -0.2) is 9.97 Å². The zero-order chi connectivity index (χ0) is 12.1. The summed E-state index contributed by atoms with van der Waals surface area (Å²) < 4.78 is -0.147. The van der Waals surface area contributed by atoms with Crippen molar-refractivity contribution in [3.05, 3.63) is 16.3 Å². The van der Waals surface area contributed by atoms with Crippen molar-refractivity contribution in [3.8, 4) is 0 Å². The van der Waals surface area contributed by atoms with Crippen LogP contribution in [0.15, 0.2) is 0 Å². The normalized spacial score (nSPS) is 12.4. The number of imidazole rings is 1. The molecule has 16 heavy (non-hydrogen) atoms. The molecule has 2 rings (SSSR count). The maximum atomic E-state index is 5.91. The van der Waals surface area contributed by atoms with Gasteiger partial charge in [-0.3, -0.25) is 0 Å². The van der Waals surface area contributed by atoms with Gasteiger partial charge in [0.15, 0.2) is 16.6 Å². The van der Waals surface area contributed by atoms with Gasteiger partial charge in [0.05, 0.1) is 0 Å². The largest absolute Gasteiger partial charge is 0.324 e. The Bertz CT molecular complexity index is 558. The molecule has 0 fully saturated rings. The van der Waals surface area contributed by atoms with Crippen LogP contribution in [-0.2, 0) is 10.8 Å². The first kappa shape index (κ1) is 12.5. The summed E-state index contributed by atoms with van der Waals surface area (Å²) in [4.78, 5) is 11.7. The topological polar surface area (TPSA) is 43.6 Å². The van der Waals surface area contributed by atoms with Gasteiger partial charge in [-0.15, -0.1) is 0 Å². The molecule has 86 valence electrons. The van der Waals surface area contributed by atoms with E-state index in [0.29, 0.717) is 5.52 Å². The first-order chi connectivity index (χ1) is 7.30. The van der Waals surface area contributed by atoms with Gasteiger partial charge in [-0.05, 0) is 11.6 Å². The monoisotopic (exact) mass is 318 g/mol. The molecule has 0 radical (unpaired) electrons. The summed E-state index contributed by atoms with van der Waals surface area (Å²) in [5.74, 6) is 0.200. The minimum atomic E-state index is -1.66. The summed E-state index contributed by atoms with van der Waals surface area (Å²) in [7, 11) is 1.65. The maximum absolute atomic E-state index is 5.91. The smallest absolute Gasteiger partial charge is 0.248 e. The lowest BCUT2D eigenvalue weighted by atomic mass is 10.5. The molecule has 2 heterocycles. The van der Waals surface area contributed by atoms with E-state index in [0.717, 1.165) is 0 Å². The van der Waals surface area contributed by atoms with E-state index in [-0.39, 0.29) is 21.9 Å². The summed E-state index contributed by atoms with van der Waals surface area (Å²) >= 11 is 28.8. The van der Waals surface area contributed by atoms with E-state index < -0.39 is 3.79 Å². The summed E-state index contributed by atoms with van der Waals surface area (Å²) in [5, 5.41) is 0.150. The Labute approximate surface area is 115 Å². The van der Waals surface area contributed by atoms with Gasteiger partial charge in [0.25, 0.3) is 0 Å². The third-order valence-electron chi connectivity index (χ3n) is 1.91. The summed E-state index contributed by atoms with van der Waals surface area (Å²) in [6.45, 7) is 0.